The number of halogens is 1. The van der Waals surface area contributed by atoms with Crippen LogP contribution in [-0.2, 0) is 10.0 Å². The summed E-state index contributed by atoms with van der Waals surface area (Å²) in [6.07, 6.45) is 0. The molecule has 0 aliphatic carbocycles. The summed E-state index contributed by atoms with van der Waals surface area (Å²) in [5.74, 6) is -0.278. The van der Waals surface area contributed by atoms with Gasteiger partial charge in [-0.25, -0.2) is 8.42 Å². The van der Waals surface area contributed by atoms with Crippen LogP contribution in [0.4, 0.5) is 5.69 Å². The van der Waals surface area contributed by atoms with Crippen LogP contribution in [0, 0.1) is 0 Å². The highest BCUT2D eigenvalue weighted by Gasteiger charge is 2.18. The molecule has 2 aromatic carbocycles. The Morgan fingerprint density at radius 3 is 2.44 bits per heavy atom. The Kier molecular flexibility index (Phi) is 6.08. The number of amides is 1. The number of hydrogen-bond donors (Lipinski definition) is 1. The van der Waals surface area contributed by atoms with Crippen LogP contribution in [0.5, 0.6) is 0 Å². The summed E-state index contributed by atoms with van der Waals surface area (Å²) in [6, 6.07) is 13.6. The summed E-state index contributed by atoms with van der Waals surface area (Å²) in [6.45, 7) is 3.45. The first-order chi connectivity index (χ1) is 11.7. The molecule has 0 saturated heterocycles. The van der Waals surface area contributed by atoms with Crippen LogP contribution >= 0.6 is 11.6 Å². The Hall–Kier alpha value is -2.05. The number of carbonyl (C=O) groups excluding carboxylic acids is 1. The van der Waals surface area contributed by atoms with Crippen molar-refractivity contribution in [3.05, 3.63) is 64.7 Å². The van der Waals surface area contributed by atoms with E-state index in [-0.39, 0.29) is 17.7 Å². The molecule has 0 heterocycles. The molecule has 134 valence electrons. The zero-order valence-corrected chi connectivity index (χ0v) is 15.9. The van der Waals surface area contributed by atoms with Crippen molar-refractivity contribution in [3.8, 4) is 0 Å². The van der Waals surface area contributed by atoms with Crippen molar-refractivity contribution in [2.45, 2.75) is 19.9 Å². The standard InChI is InChI=1S/C18H21ClN2O3S/c1-4-25(23,24)21(3)17-7-5-6-15(12-17)18(22)20-13(2)14-8-10-16(19)11-9-14/h5-13H,4H2,1-3H3,(H,20,22)/t13-/m0/s1. The van der Waals surface area contributed by atoms with Crippen LogP contribution in [0.25, 0.3) is 0 Å². The molecule has 5 nitrogen and oxygen atoms in total. The van der Waals surface area contributed by atoms with Crippen LogP contribution in [0.1, 0.15) is 35.8 Å². The highest BCUT2D eigenvalue weighted by molar-refractivity contribution is 7.92. The summed E-state index contributed by atoms with van der Waals surface area (Å²) >= 11 is 5.87. The average molecular weight is 381 g/mol. The van der Waals surface area contributed by atoms with Crippen molar-refractivity contribution < 1.29 is 13.2 Å². The number of carbonyl (C=O) groups is 1. The van der Waals surface area contributed by atoms with Gasteiger partial charge in [0.1, 0.15) is 0 Å². The molecule has 0 fully saturated rings. The summed E-state index contributed by atoms with van der Waals surface area (Å²) < 4.78 is 25.2. The third-order valence-electron chi connectivity index (χ3n) is 3.97. The second-order valence-corrected chi connectivity index (χ2v) is 8.39. The van der Waals surface area contributed by atoms with Gasteiger partial charge in [0.15, 0.2) is 0 Å². The Balaban J connectivity index is 2.17. The smallest absolute Gasteiger partial charge is 0.251 e. The zero-order chi connectivity index (χ0) is 18.6. The number of nitrogens with zero attached hydrogens (tertiary/aromatic N) is 1. The van der Waals surface area contributed by atoms with E-state index >= 15 is 0 Å². The van der Waals surface area contributed by atoms with Gasteiger partial charge in [-0.05, 0) is 49.7 Å². The maximum Gasteiger partial charge on any atom is 0.251 e. The first kappa shape index (κ1) is 19.3. The maximum atomic E-state index is 12.5. The predicted molar refractivity (Wildman–Crippen MR) is 102 cm³/mol. The van der Waals surface area contributed by atoms with E-state index in [2.05, 4.69) is 5.32 Å². The maximum absolute atomic E-state index is 12.5. The van der Waals surface area contributed by atoms with Crippen molar-refractivity contribution in [1.82, 2.24) is 5.32 Å². The molecule has 0 unspecified atom stereocenters. The summed E-state index contributed by atoms with van der Waals surface area (Å²) in [5.41, 5.74) is 1.78. The first-order valence-corrected chi connectivity index (χ1v) is 9.86. The minimum Gasteiger partial charge on any atom is -0.346 e. The lowest BCUT2D eigenvalue weighted by Crippen LogP contribution is -2.29. The van der Waals surface area contributed by atoms with Gasteiger partial charge in [0.25, 0.3) is 5.91 Å². The minimum absolute atomic E-state index is 0.00642. The van der Waals surface area contributed by atoms with E-state index in [0.29, 0.717) is 16.3 Å². The monoisotopic (exact) mass is 380 g/mol. The van der Waals surface area contributed by atoms with E-state index < -0.39 is 10.0 Å². The van der Waals surface area contributed by atoms with E-state index in [1.54, 1.807) is 43.3 Å². The first-order valence-electron chi connectivity index (χ1n) is 7.87. The molecule has 0 bridgehead atoms. The van der Waals surface area contributed by atoms with Crippen LogP contribution in [-0.4, -0.2) is 27.1 Å². The molecular weight excluding hydrogens is 360 g/mol. The van der Waals surface area contributed by atoms with Gasteiger partial charge >= 0.3 is 0 Å². The normalized spacial score (nSPS) is 12.5. The van der Waals surface area contributed by atoms with Gasteiger partial charge in [-0.3, -0.25) is 9.10 Å². The minimum atomic E-state index is -3.37. The molecule has 1 amide bonds. The lowest BCUT2D eigenvalue weighted by atomic mass is 10.1. The van der Waals surface area contributed by atoms with E-state index in [0.717, 1.165) is 5.56 Å². The fourth-order valence-electron chi connectivity index (χ4n) is 2.31. The number of nitrogens with one attached hydrogen (secondary N) is 1. The lowest BCUT2D eigenvalue weighted by Gasteiger charge is -2.19. The van der Waals surface area contributed by atoms with Crippen molar-refractivity contribution >= 4 is 33.2 Å². The topological polar surface area (TPSA) is 66.5 Å². The van der Waals surface area contributed by atoms with E-state index in [4.69, 9.17) is 11.6 Å². The summed E-state index contributed by atoms with van der Waals surface area (Å²) in [4.78, 5) is 12.5. The van der Waals surface area contributed by atoms with Crippen LogP contribution in [0.3, 0.4) is 0 Å². The third kappa shape index (κ3) is 4.74. The summed E-state index contributed by atoms with van der Waals surface area (Å²) in [5, 5.41) is 3.54. The number of benzene rings is 2. The molecule has 0 aliphatic rings. The quantitative estimate of drug-likeness (QED) is 0.832. The van der Waals surface area contributed by atoms with Crippen molar-refractivity contribution in [1.29, 1.82) is 0 Å². The van der Waals surface area contributed by atoms with Gasteiger partial charge in [0, 0.05) is 17.6 Å². The molecular formula is C18H21ClN2O3S. The Morgan fingerprint density at radius 1 is 1.20 bits per heavy atom. The second kappa shape index (κ2) is 7.89. The Bertz CT molecular complexity index is 851. The SMILES string of the molecule is CCS(=O)(=O)N(C)c1cccc(C(=O)N[C@@H](C)c2ccc(Cl)cc2)c1. The molecule has 0 spiro atoms. The molecule has 0 aromatic heterocycles. The lowest BCUT2D eigenvalue weighted by molar-refractivity contribution is 0.0940. The molecule has 25 heavy (non-hydrogen) atoms. The Labute approximate surface area is 153 Å². The van der Waals surface area contributed by atoms with Gasteiger partial charge in [0.2, 0.25) is 10.0 Å². The van der Waals surface area contributed by atoms with Gasteiger partial charge in [-0.2, -0.15) is 0 Å². The second-order valence-electron chi connectivity index (χ2n) is 5.67. The van der Waals surface area contributed by atoms with Crippen molar-refractivity contribution in [2.75, 3.05) is 17.1 Å². The number of anilines is 1. The van der Waals surface area contributed by atoms with Gasteiger partial charge in [-0.1, -0.05) is 29.8 Å². The molecule has 2 aromatic rings. The summed E-state index contributed by atoms with van der Waals surface area (Å²) in [7, 11) is -1.90. The fourth-order valence-corrected chi connectivity index (χ4v) is 3.26. The molecule has 0 saturated carbocycles. The van der Waals surface area contributed by atoms with Crippen LogP contribution in [0.15, 0.2) is 48.5 Å². The van der Waals surface area contributed by atoms with Gasteiger partial charge in [-0.15, -0.1) is 0 Å². The Morgan fingerprint density at radius 2 is 1.84 bits per heavy atom. The third-order valence-corrected chi connectivity index (χ3v) is 6.00. The van der Waals surface area contributed by atoms with E-state index in [1.165, 1.54) is 11.4 Å². The highest BCUT2D eigenvalue weighted by Crippen LogP contribution is 2.20. The van der Waals surface area contributed by atoms with Gasteiger partial charge < -0.3 is 5.32 Å². The van der Waals surface area contributed by atoms with Crippen LogP contribution < -0.4 is 9.62 Å². The molecule has 0 radical (unpaired) electrons. The van der Waals surface area contributed by atoms with E-state index in [1.807, 2.05) is 19.1 Å². The number of rotatable bonds is 6. The molecule has 1 N–H and O–H groups in total. The zero-order valence-electron chi connectivity index (χ0n) is 14.4. The van der Waals surface area contributed by atoms with Gasteiger partial charge in [0.05, 0.1) is 17.5 Å². The van der Waals surface area contributed by atoms with E-state index in [9.17, 15) is 13.2 Å². The van der Waals surface area contributed by atoms with Crippen molar-refractivity contribution in [3.63, 3.8) is 0 Å². The molecule has 1 atom stereocenters. The average Bonchev–Trinajstić information content (AvgIpc) is 2.61. The molecule has 2 rings (SSSR count). The number of sulfonamides is 1. The van der Waals surface area contributed by atoms with Crippen molar-refractivity contribution in [2.24, 2.45) is 0 Å². The molecule has 0 aliphatic heterocycles. The highest BCUT2D eigenvalue weighted by atomic mass is 35.5. The van der Waals surface area contributed by atoms with Crippen LogP contribution in [0.2, 0.25) is 5.02 Å². The number of hydrogen-bond acceptors (Lipinski definition) is 3. The fraction of sp³-hybridized carbons (Fsp3) is 0.278. The predicted octanol–water partition coefficient (Wildman–Crippen LogP) is 3.62. The molecule has 7 heteroatoms. The largest absolute Gasteiger partial charge is 0.346 e.